The van der Waals surface area contributed by atoms with E-state index in [1.54, 1.807) is 7.11 Å². The number of rotatable bonds is 2. The lowest BCUT2D eigenvalue weighted by atomic mass is 11.7. The SMILES string of the molecule is CON[SH]=[P]. The lowest BCUT2D eigenvalue weighted by Crippen LogP contribution is -1.99. The van der Waals surface area contributed by atoms with Gasteiger partial charge in [-0.3, -0.25) is 4.84 Å². The Bertz CT molecular complexity index is 32.8. The van der Waals surface area contributed by atoms with Crippen LogP contribution in [0, 0.1) is 0 Å². The van der Waals surface area contributed by atoms with Crippen molar-refractivity contribution in [2.75, 3.05) is 7.11 Å². The van der Waals surface area contributed by atoms with Crippen LogP contribution in [0.5, 0.6) is 0 Å². The molecule has 4 heteroatoms. The van der Waals surface area contributed by atoms with Crippen LogP contribution in [-0.4, -0.2) is 7.11 Å². The van der Waals surface area contributed by atoms with Crippen LogP contribution in [0.2, 0.25) is 0 Å². The van der Waals surface area contributed by atoms with E-state index in [9.17, 15) is 0 Å². The molecule has 0 unspecified atom stereocenters. The molecule has 0 rings (SSSR count). The molecule has 0 aliphatic carbocycles. The first-order valence-corrected chi connectivity index (χ1v) is 3.08. The maximum Gasteiger partial charge on any atom is 0.0583 e. The third-order valence-electron chi connectivity index (χ3n) is 0.132. The molecule has 2 nitrogen and oxygen atoms in total. The van der Waals surface area contributed by atoms with Crippen molar-refractivity contribution in [3.63, 3.8) is 0 Å². The average Bonchev–Trinajstić information content (AvgIpc) is 1.41. The normalized spacial score (nSPS) is 8.20. The molecule has 1 radical (unpaired) electrons. The Morgan fingerprint density at radius 3 is 2.60 bits per heavy atom. The maximum atomic E-state index is 4.35. The van der Waals surface area contributed by atoms with Gasteiger partial charge in [-0.1, -0.05) is 11.1 Å². The second-order valence-corrected chi connectivity index (χ2v) is 1.38. The van der Waals surface area contributed by atoms with E-state index in [2.05, 4.69) is 17.7 Å². The van der Waals surface area contributed by atoms with Crippen LogP contribution in [-0.2, 0) is 16.0 Å². The smallest absolute Gasteiger partial charge is 0.0583 e. The molecule has 0 spiro atoms. The van der Waals surface area contributed by atoms with Gasteiger partial charge in [0.25, 0.3) is 0 Å². The van der Waals surface area contributed by atoms with Crippen molar-refractivity contribution < 1.29 is 4.84 Å². The average molecular weight is 110 g/mol. The summed E-state index contributed by atoms with van der Waals surface area (Å²) in [5.74, 6) is 0. The van der Waals surface area contributed by atoms with Crippen LogP contribution < -0.4 is 4.89 Å². The highest BCUT2D eigenvalue weighted by molar-refractivity contribution is 8.00. The number of nitrogens with one attached hydrogen (secondary N) is 1. The van der Waals surface area contributed by atoms with E-state index >= 15 is 0 Å². The van der Waals surface area contributed by atoms with E-state index in [1.165, 1.54) is 0 Å². The number of thiol groups is 1. The molecule has 1 N–H and O–H groups in total. The van der Waals surface area contributed by atoms with Gasteiger partial charge < -0.3 is 0 Å². The zero-order valence-corrected chi connectivity index (χ0v) is 4.59. The molecule has 0 saturated carbocycles. The fraction of sp³-hybridized carbons (Fsp3) is 1.00. The molecule has 0 bridgehead atoms. The van der Waals surface area contributed by atoms with Gasteiger partial charge in [-0.05, 0) is 0 Å². The summed E-state index contributed by atoms with van der Waals surface area (Å²) in [6, 6.07) is 0. The van der Waals surface area contributed by atoms with Crippen molar-refractivity contribution in [2.45, 2.75) is 0 Å². The zero-order valence-electron chi connectivity index (χ0n) is 2.80. The van der Waals surface area contributed by atoms with E-state index in [0.29, 0.717) is 0 Å². The van der Waals surface area contributed by atoms with E-state index < -0.39 is 0 Å². The highest BCUT2D eigenvalue weighted by atomic mass is 32.5. The Balaban J connectivity index is 2.40. The molecule has 0 heterocycles. The van der Waals surface area contributed by atoms with Gasteiger partial charge in [0.05, 0.1) is 7.11 Å². The molecular weight excluding hydrogens is 105 g/mol. The van der Waals surface area contributed by atoms with Gasteiger partial charge in [-0.25, -0.2) is 0 Å². The Kier molecular flexibility index (Phi) is 5.09. The minimum Gasteiger partial charge on any atom is -0.295 e. The minimum absolute atomic E-state index is 0.752. The van der Waals surface area contributed by atoms with Crippen molar-refractivity contribution >= 4 is 19.1 Å². The van der Waals surface area contributed by atoms with E-state index in [1.807, 2.05) is 0 Å². The third kappa shape index (κ3) is 4.57. The predicted molar refractivity (Wildman–Crippen MR) is 25.8 cm³/mol. The summed E-state index contributed by atoms with van der Waals surface area (Å²) in [5.41, 5.74) is 0. The molecule has 0 amide bonds. The maximum absolute atomic E-state index is 4.35. The zero-order chi connectivity index (χ0) is 4.12. The summed E-state index contributed by atoms with van der Waals surface area (Å²) in [7, 11) is 5.28. The topological polar surface area (TPSA) is 21.3 Å². The van der Waals surface area contributed by atoms with Crippen molar-refractivity contribution in [2.24, 2.45) is 0 Å². The minimum atomic E-state index is 0.752. The molecule has 0 aliphatic heterocycles. The largest absolute Gasteiger partial charge is 0.295 e. The first-order chi connectivity index (χ1) is 2.41. The molecule has 0 aromatic carbocycles. The fourth-order valence-electron chi connectivity index (χ4n) is 0.0408. The van der Waals surface area contributed by atoms with Crippen LogP contribution >= 0.6 is 8.02 Å². The standard InChI is InChI=1S/CH5NOPS/c1-3-2-5-4/h2,5H,1H3. The van der Waals surface area contributed by atoms with Gasteiger partial charge >= 0.3 is 0 Å². The summed E-state index contributed by atoms with van der Waals surface area (Å²) >= 11 is 0.752. The lowest BCUT2D eigenvalue weighted by Gasteiger charge is -1.83. The van der Waals surface area contributed by atoms with Gasteiger partial charge in [-0.15, -0.1) is 0 Å². The molecule has 0 aromatic rings. The van der Waals surface area contributed by atoms with Gasteiger partial charge in [0.15, 0.2) is 0 Å². The molecule has 0 aromatic heterocycles. The summed E-state index contributed by atoms with van der Waals surface area (Å²) in [4.78, 5) is 6.80. The van der Waals surface area contributed by atoms with Gasteiger partial charge in [0.2, 0.25) is 0 Å². The summed E-state index contributed by atoms with van der Waals surface area (Å²) in [6.07, 6.45) is 0. The van der Waals surface area contributed by atoms with Crippen molar-refractivity contribution in [3.8, 4) is 0 Å². The van der Waals surface area contributed by atoms with Gasteiger partial charge in [0, 0.05) is 8.02 Å². The molecule has 5 heavy (non-hydrogen) atoms. The van der Waals surface area contributed by atoms with E-state index in [-0.39, 0.29) is 0 Å². The van der Waals surface area contributed by atoms with Crippen molar-refractivity contribution in [1.82, 2.24) is 4.89 Å². The molecule has 31 valence electrons. The van der Waals surface area contributed by atoms with Crippen molar-refractivity contribution in [1.29, 1.82) is 0 Å². The third-order valence-corrected chi connectivity index (χ3v) is 0.641. The number of hydrogen-bond donors (Lipinski definition) is 2. The van der Waals surface area contributed by atoms with Crippen molar-refractivity contribution in [3.05, 3.63) is 0 Å². The molecule has 0 atom stereocenters. The first kappa shape index (κ1) is 5.57. The molecule has 0 aliphatic rings. The van der Waals surface area contributed by atoms with Crippen LogP contribution in [0.1, 0.15) is 0 Å². The van der Waals surface area contributed by atoms with Crippen LogP contribution in [0.15, 0.2) is 0 Å². The Labute approximate surface area is 36.8 Å². The highest BCUT2D eigenvalue weighted by Crippen LogP contribution is 1.53. The quantitative estimate of drug-likeness (QED) is 0.301. The monoisotopic (exact) mass is 110 g/mol. The highest BCUT2D eigenvalue weighted by Gasteiger charge is 1.52. The lowest BCUT2D eigenvalue weighted by molar-refractivity contribution is 0.164. The Morgan fingerprint density at radius 1 is 2.00 bits per heavy atom. The Hall–Kier alpha value is 0.570. The fourth-order valence-corrected chi connectivity index (χ4v) is 0.367. The summed E-state index contributed by atoms with van der Waals surface area (Å²) < 4.78 is 0. The van der Waals surface area contributed by atoms with E-state index in [4.69, 9.17) is 0 Å². The second kappa shape index (κ2) is 4.57. The van der Waals surface area contributed by atoms with Crippen LogP contribution in [0.25, 0.3) is 0 Å². The van der Waals surface area contributed by atoms with Gasteiger partial charge in [-0.2, -0.15) is 4.89 Å². The molecule has 0 fully saturated rings. The second-order valence-electron chi connectivity index (χ2n) is 0.395. The van der Waals surface area contributed by atoms with E-state index in [0.717, 1.165) is 11.1 Å². The molecule has 0 saturated heterocycles. The van der Waals surface area contributed by atoms with Crippen LogP contribution in [0.3, 0.4) is 0 Å². The summed E-state index contributed by atoms with van der Waals surface area (Å²) in [6.45, 7) is 0. The molecular formula is CH5NOPS. The summed E-state index contributed by atoms with van der Waals surface area (Å²) in [5, 5.41) is 0. The first-order valence-electron chi connectivity index (χ1n) is 1.04. The van der Waals surface area contributed by atoms with Crippen LogP contribution in [0.4, 0.5) is 0 Å². The number of hydrogen-bond acceptors (Lipinski definition) is 1. The Morgan fingerprint density at radius 2 is 2.60 bits per heavy atom. The van der Waals surface area contributed by atoms with Gasteiger partial charge in [0.1, 0.15) is 0 Å². The predicted octanol–water partition coefficient (Wildman–Crippen LogP) is 0.193.